The van der Waals surface area contributed by atoms with Crippen molar-refractivity contribution in [3.63, 3.8) is 0 Å². The Bertz CT molecular complexity index is 350. The van der Waals surface area contributed by atoms with E-state index < -0.39 is 12.5 Å². The molecule has 4 heteroatoms. The van der Waals surface area contributed by atoms with Gasteiger partial charge in [-0.2, -0.15) is 8.78 Å². The van der Waals surface area contributed by atoms with Crippen molar-refractivity contribution >= 4 is 5.69 Å². The summed E-state index contributed by atoms with van der Waals surface area (Å²) in [6.07, 6.45) is 0. The molecule has 78 valence electrons. The Morgan fingerprint density at radius 1 is 1.29 bits per heavy atom. The molecule has 0 aromatic heterocycles. The van der Waals surface area contributed by atoms with E-state index in [1.807, 2.05) is 0 Å². The summed E-state index contributed by atoms with van der Waals surface area (Å²) in [5.41, 5.74) is 6.78. The van der Waals surface area contributed by atoms with E-state index >= 15 is 0 Å². The Morgan fingerprint density at radius 3 is 2.29 bits per heavy atom. The van der Waals surface area contributed by atoms with Gasteiger partial charge in [0.05, 0.1) is 0 Å². The summed E-state index contributed by atoms with van der Waals surface area (Å²) in [5.74, 6) is -3.26. The maximum Gasteiger partial charge on any atom is 0.297 e. The van der Waals surface area contributed by atoms with Crippen molar-refractivity contribution in [2.75, 3.05) is 12.3 Å². The van der Waals surface area contributed by atoms with Crippen LogP contribution in [0.1, 0.15) is 16.7 Å². The fraction of sp³-hybridized carbons (Fsp3) is 0.400. The molecule has 1 rings (SSSR count). The molecule has 0 bridgehead atoms. The minimum atomic E-state index is -3.26. The Kier molecular flexibility index (Phi) is 2.76. The van der Waals surface area contributed by atoms with E-state index in [1.54, 1.807) is 13.8 Å². The number of aliphatic hydroxyl groups excluding tert-OH is 1. The second-order valence-electron chi connectivity index (χ2n) is 3.39. The second-order valence-corrected chi connectivity index (χ2v) is 3.39. The Labute approximate surface area is 81.4 Å². The summed E-state index contributed by atoms with van der Waals surface area (Å²) >= 11 is 0. The molecular formula is C10H13F2NO. The first kappa shape index (κ1) is 10.9. The molecule has 0 spiro atoms. The first-order chi connectivity index (χ1) is 6.38. The second kappa shape index (κ2) is 3.53. The molecule has 0 aliphatic heterocycles. The molecule has 0 atom stereocenters. The van der Waals surface area contributed by atoms with Crippen LogP contribution in [0.25, 0.3) is 0 Å². The highest BCUT2D eigenvalue weighted by Gasteiger charge is 2.32. The summed E-state index contributed by atoms with van der Waals surface area (Å²) in [7, 11) is 0. The average molecular weight is 201 g/mol. The molecule has 0 fully saturated rings. The quantitative estimate of drug-likeness (QED) is 0.718. The summed E-state index contributed by atoms with van der Waals surface area (Å²) in [4.78, 5) is 0. The number of alkyl halides is 2. The van der Waals surface area contributed by atoms with E-state index in [4.69, 9.17) is 10.8 Å². The molecule has 0 unspecified atom stereocenters. The lowest BCUT2D eigenvalue weighted by Gasteiger charge is -2.17. The number of halogens is 2. The van der Waals surface area contributed by atoms with Gasteiger partial charge in [0.15, 0.2) is 0 Å². The molecule has 0 amide bonds. The van der Waals surface area contributed by atoms with E-state index in [0.717, 1.165) is 11.1 Å². The van der Waals surface area contributed by atoms with Crippen LogP contribution in [-0.4, -0.2) is 11.7 Å². The number of hydrogen-bond donors (Lipinski definition) is 2. The molecule has 14 heavy (non-hydrogen) atoms. The van der Waals surface area contributed by atoms with E-state index in [1.165, 1.54) is 12.1 Å². The number of anilines is 1. The van der Waals surface area contributed by atoms with Gasteiger partial charge in [0.25, 0.3) is 5.92 Å². The van der Waals surface area contributed by atoms with Crippen molar-refractivity contribution in [3.8, 4) is 0 Å². The van der Waals surface area contributed by atoms with Crippen LogP contribution in [0.2, 0.25) is 0 Å². The predicted octanol–water partition coefficient (Wildman–Crippen LogP) is 1.97. The molecule has 3 N–H and O–H groups in total. The van der Waals surface area contributed by atoms with E-state index in [9.17, 15) is 8.78 Å². The first-order valence-corrected chi connectivity index (χ1v) is 4.24. The van der Waals surface area contributed by atoms with Crippen LogP contribution in [0.4, 0.5) is 14.5 Å². The van der Waals surface area contributed by atoms with Gasteiger partial charge >= 0.3 is 0 Å². The average Bonchev–Trinajstić information content (AvgIpc) is 2.11. The molecule has 0 aliphatic rings. The van der Waals surface area contributed by atoms with Gasteiger partial charge in [0.2, 0.25) is 0 Å². The Morgan fingerprint density at radius 2 is 1.79 bits per heavy atom. The normalized spacial score (nSPS) is 11.8. The van der Waals surface area contributed by atoms with Gasteiger partial charge in [-0.25, -0.2) is 0 Å². The summed E-state index contributed by atoms with van der Waals surface area (Å²) in [5, 5.41) is 8.53. The Balaban J connectivity index is 3.29. The van der Waals surface area contributed by atoms with E-state index in [0.29, 0.717) is 0 Å². The SMILES string of the molecule is Cc1cc(N)c(C(F)(F)CO)cc1C. The van der Waals surface area contributed by atoms with Crippen molar-refractivity contribution in [1.82, 2.24) is 0 Å². The number of aryl methyl sites for hydroxylation is 2. The van der Waals surface area contributed by atoms with Gasteiger partial charge in [-0.15, -0.1) is 0 Å². The molecule has 0 saturated heterocycles. The topological polar surface area (TPSA) is 46.2 Å². The highest BCUT2D eigenvalue weighted by atomic mass is 19.3. The van der Waals surface area contributed by atoms with Gasteiger partial charge < -0.3 is 10.8 Å². The van der Waals surface area contributed by atoms with Crippen molar-refractivity contribution < 1.29 is 13.9 Å². The summed E-state index contributed by atoms with van der Waals surface area (Å²) in [6.45, 7) is 2.30. The molecule has 0 aliphatic carbocycles. The monoisotopic (exact) mass is 201 g/mol. The smallest absolute Gasteiger partial charge is 0.297 e. The fourth-order valence-electron chi connectivity index (χ4n) is 1.24. The fourth-order valence-corrected chi connectivity index (χ4v) is 1.24. The third kappa shape index (κ3) is 1.85. The molecule has 1 aromatic carbocycles. The van der Waals surface area contributed by atoms with Crippen molar-refractivity contribution in [1.29, 1.82) is 0 Å². The summed E-state index contributed by atoms with van der Waals surface area (Å²) in [6, 6.07) is 2.81. The van der Waals surface area contributed by atoms with Crippen LogP contribution in [0.3, 0.4) is 0 Å². The molecular weight excluding hydrogens is 188 g/mol. The lowest BCUT2D eigenvalue weighted by Crippen LogP contribution is -2.20. The molecule has 0 heterocycles. The van der Waals surface area contributed by atoms with Crippen LogP contribution in [0, 0.1) is 13.8 Å². The lowest BCUT2D eigenvalue weighted by atomic mass is 10.0. The highest BCUT2D eigenvalue weighted by molar-refractivity contribution is 5.53. The van der Waals surface area contributed by atoms with Gasteiger partial charge in [0.1, 0.15) is 6.61 Å². The third-order valence-corrected chi connectivity index (χ3v) is 2.26. The lowest BCUT2D eigenvalue weighted by molar-refractivity contribution is -0.0550. The number of nitrogen functional groups attached to an aromatic ring is 1. The largest absolute Gasteiger partial charge is 0.398 e. The van der Waals surface area contributed by atoms with Gasteiger partial charge in [-0.3, -0.25) is 0 Å². The minimum absolute atomic E-state index is 0.0205. The first-order valence-electron chi connectivity index (χ1n) is 4.24. The molecule has 2 nitrogen and oxygen atoms in total. The van der Waals surface area contributed by atoms with Crippen LogP contribution < -0.4 is 5.73 Å². The van der Waals surface area contributed by atoms with Crippen molar-refractivity contribution in [2.24, 2.45) is 0 Å². The van der Waals surface area contributed by atoms with E-state index in [2.05, 4.69) is 0 Å². The standard InChI is InChI=1S/C10H13F2NO/c1-6-3-8(10(11,12)5-14)9(13)4-7(6)2/h3-4,14H,5,13H2,1-2H3. The molecule has 1 aromatic rings. The van der Waals surface area contributed by atoms with Crippen LogP contribution >= 0.6 is 0 Å². The highest BCUT2D eigenvalue weighted by Crippen LogP contribution is 2.33. The van der Waals surface area contributed by atoms with Crippen molar-refractivity contribution in [2.45, 2.75) is 19.8 Å². The molecule has 0 saturated carbocycles. The number of nitrogens with two attached hydrogens (primary N) is 1. The number of hydrogen-bond acceptors (Lipinski definition) is 2. The van der Waals surface area contributed by atoms with Crippen LogP contribution in [-0.2, 0) is 5.92 Å². The summed E-state index contributed by atoms with van der Waals surface area (Å²) < 4.78 is 26.3. The van der Waals surface area contributed by atoms with Crippen LogP contribution in [0.15, 0.2) is 12.1 Å². The zero-order chi connectivity index (χ0) is 10.9. The molecule has 0 radical (unpaired) electrons. The third-order valence-electron chi connectivity index (χ3n) is 2.26. The van der Waals surface area contributed by atoms with Gasteiger partial charge in [-0.1, -0.05) is 0 Å². The van der Waals surface area contributed by atoms with Crippen LogP contribution in [0.5, 0.6) is 0 Å². The van der Waals surface area contributed by atoms with Gasteiger partial charge in [0, 0.05) is 11.3 Å². The number of benzene rings is 1. The minimum Gasteiger partial charge on any atom is -0.398 e. The predicted molar refractivity (Wildman–Crippen MR) is 51.3 cm³/mol. The van der Waals surface area contributed by atoms with E-state index in [-0.39, 0.29) is 11.3 Å². The van der Waals surface area contributed by atoms with Crippen molar-refractivity contribution in [3.05, 3.63) is 28.8 Å². The number of rotatable bonds is 2. The maximum absolute atomic E-state index is 13.1. The maximum atomic E-state index is 13.1. The zero-order valence-corrected chi connectivity index (χ0v) is 8.14. The van der Waals surface area contributed by atoms with Gasteiger partial charge in [-0.05, 0) is 37.1 Å². The number of aliphatic hydroxyl groups is 1. The Hall–Kier alpha value is -1.16. The zero-order valence-electron chi connectivity index (χ0n) is 8.14.